The summed E-state index contributed by atoms with van der Waals surface area (Å²) in [5, 5.41) is 12.3. The normalized spacial score (nSPS) is 10.2. The molecule has 98 valence electrons. The molecule has 0 fully saturated rings. The third-order valence-electron chi connectivity index (χ3n) is 3.06. The fraction of sp³-hybridized carbons (Fsp3) is 0.133. The Labute approximate surface area is 111 Å². The number of carbonyl (C=O) groups is 1. The van der Waals surface area contributed by atoms with Gasteiger partial charge >= 0.3 is 0 Å². The Morgan fingerprint density at radius 3 is 2.47 bits per heavy atom. The lowest BCUT2D eigenvalue weighted by Crippen LogP contribution is -2.12. The predicted molar refractivity (Wildman–Crippen MR) is 76.4 cm³/mol. The van der Waals surface area contributed by atoms with E-state index in [-0.39, 0.29) is 17.3 Å². The fourth-order valence-corrected chi connectivity index (χ4v) is 1.71. The van der Waals surface area contributed by atoms with Gasteiger partial charge in [0, 0.05) is 11.3 Å². The second-order valence-corrected chi connectivity index (χ2v) is 4.53. The maximum absolute atomic E-state index is 12.0. The summed E-state index contributed by atoms with van der Waals surface area (Å²) in [5.41, 5.74) is 9.12. The number of anilines is 2. The van der Waals surface area contributed by atoms with Gasteiger partial charge in [0.05, 0.1) is 5.69 Å². The van der Waals surface area contributed by atoms with Gasteiger partial charge in [-0.3, -0.25) is 4.79 Å². The molecule has 0 aliphatic carbocycles. The molecular formula is C15H16N2O2. The van der Waals surface area contributed by atoms with E-state index in [1.54, 1.807) is 6.07 Å². The largest absolute Gasteiger partial charge is 0.506 e. The van der Waals surface area contributed by atoms with E-state index in [0.29, 0.717) is 5.56 Å². The number of aryl methyl sites for hydroxylation is 2. The monoisotopic (exact) mass is 256 g/mol. The number of phenols is 1. The van der Waals surface area contributed by atoms with Gasteiger partial charge in [0.25, 0.3) is 5.91 Å². The molecule has 19 heavy (non-hydrogen) atoms. The van der Waals surface area contributed by atoms with E-state index in [1.165, 1.54) is 17.7 Å². The molecular weight excluding hydrogens is 240 g/mol. The number of nitrogens with two attached hydrogens (primary N) is 1. The highest BCUT2D eigenvalue weighted by Gasteiger charge is 2.08. The third kappa shape index (κ3) is 2.85. The smallest absolute Gasteiger partial charge is 0.255 e. The first-order valence-corrected chi connectivity index (χ1v) is 5.94. The summed E-state index contributed by atoms with van der Waals surface area (Å²) >= 11 is 0. The Morgan fingerprint density at radius 2 is 1.84 bits per heavy atom. The number of amides is 1. The van der Waals surface area contributed by atoms with Crippen LogP contribution in [-0.2, 0) is 0 Å². The minimum atomic E-state index is -0.279. The zero-order valence-corrected chi connectivity index (χ0v) is 10.9. The summed E-state index contributed by atoms with van der Waals surface area (Å²) in [5.74, 6) is -0.369. The second kappa shape index (κ2) is 5.02. The van der Waals surface area contributed by atoms with Crippen molar-refractivity contribution in [2.45, 2.75) is 13.8 Å². The van der Waals surface area contributed by atoms with Crippen LogP contribution < -0.4 is 11.1 Å². The van der Waals surface area contributed by atoms with E-state index in [4.69, 9.17) is 5.73 Å². The molecule has 2 aromatic carbocycles. The minimum absolute atomic E-state index is 0.0901. The van der Waals surface area contributed by atoms with Gasteiger partial charge in [-0.1, -0.05) is 6.07 Å². The standard InChI is InChI=1S/C15H16N2O2/c1-9-3-5-12(7-10(9)2)17-15(19)11-4-6-13(16)14(18)8-11/h3-8,18H,16H2,1-2H3,(H,17,19). The van der Waals surface area contributed by atoms with E-state index >= 15 is 0 Å². The molecule has 0 saturated heterocycles. The summed E-state index contributed by atoms with van der Waals surface area (Å²) in [4.78, 5) is 12.0. The van der Waals surface area contributed by atoms with Crippen LogP contribution >= 0.6 is 0 Å². The summed E-state index contributed by atoms with van der Waals surface area (Å²) < 4.78 is 0. The Hall–Kier alpha value is -2.49. The number of carbonyl (C=O) groups excluding carboxylic acids is 1. The highest BCUT2D eigenvalue weighted by Crippen LogP contribution is 2.21. The Balaban J connectivity index is 2.20. The van der Waals surface area contributed by atoms with Gasteiger partial charge in [0.2, 0.25) is 0 Å². The van der Waals surface area contributed by atoms with Crippen molar-refractivity contribution in [1.29, 1.82) is 0 Å². The molecule has 2 rings (SSSR count). The molecule has 4 heteroatoms. The molecule has 0 unspecified atom stereocenters. The number of phenolic OH excluding ortho intramolecular Hbond substituents is 1. The highest BCUT2D eigenvalue weighted by molar-refractivity contribution is 6.04. The number of rotatable bonds is 2. The fourth-order valence-electron chi connectivity index (χ4n) is 1.71. The summed E-state index contributed by atoms with van der Waals surface area (Å²) in [6, 6.07) is 10.1. The molecule has 4 nitrogen and oxygen atoms in total. The second-order valence-electron chi connectivity index (χ2n) is 4.53. The predicted octanol–water partition coefficient (Wildman–Crippen LogP) is 2.84. The quantitative estimate of drug-likeness (QED) is 0.571. The first-order chi connectivity index (χ1) is 8.97. The first kappa shape index (κ1) is 13.0. The zero-order chi connectivity index (χ0) is 14.0. The van der Waals surface area contributed by atoms with E-state index in [9.17, 15) is 9.90 Å². The van der Waals surface area contributed by atoms with Crippen LogP contribution in [0.3, 0.4) is 0 Å². The van der Waals surface area contributed by atoms with Gasteiger partial charge in [-0.05, 0) is 55.3 Å². The molecule has 0 aromatic heterocycles. The minimum Gasteiger partial charge on any atom is -0.506 e. The molecule has 0 spiro atoms. The van der Waals surface area contributed by atoms with E-state index < -0.39 is 0 Å². The molecule has 0 aliphatic rings. The Bertz CT molecular complexity index is 636. The Kier molecular flexibility index (Phi) is 3.42. The van der Waals surface area contributed by atoms with Gasteiger partial charge in [-0.15, -0.1) is 0 Å². The summed E-state index contributed by atoms with van der Waals surface area (Å²) in [7, 11) is 0. The molecule has 4 N–H and O–H groups in total. The first-order valence-electron chi connectivity index (χ1n) is 5.94. The number of hydrogen-bond donors (Lipinski definition) is 3. The lowest BCUT2D eigenvalue weighted by Gasteiger charge is -2.08. The molecule has 0 aliphatic heterocycles. The third-order valence-corrected chi connectivity index (χ3v) is 3.06. The van der Waals surface area contributed by atoms with Crippen molar-refractivity contribution in [3.05, 3.63) is 53.1 Å². The Morgan fingerprint density at radius 1 is 1.11 bits per heavy atom. The molecule has 2 aromatic rings. The number of aromatic hydroxyl groups is 1. The van der Waals surface area contributed by atoms with Gasteiger partial charge in [-0.25, -0.2) is 0 Å². The lowest BCUT2D eigenvalue weighted by molar-refractivity contribution is 0.102. The van der Waals surface area contributed by atoms with Crippen molar-refractivity contribution in [2.75, 3.05) is 11.1 Å². The van der Waals surface area contributed by atoms with Crippen LogP contribution in [0.25, 0.3) is 0 Å². The van der Waals surface area contributed by atoms with Crippen LogP contribution in [0.5, 0.6) is 5.75 Å². The van der Waals surface area contributed by atoms with Gasteiger partial charge < -0.3 is 16.2 Å². The maximum Gasteiger partial charge on any atom is 0.255 e. The van der Waals surface area contributed by atoms with Crippen LogP contribution in [0.4, 0.5) is 11.4 Å². The topological polar surface area (TPSA) is 75.4 Å². The highest BCUT2D eigenvalue weighted by atomic mass is 16.3. The number of nitrogens with one attached hydrogen (secondary N) is 1. The number of benzene rings is 2. The number of hydrogen-bond acceptors (Lipinski definition) is 3. The van der Waals surface area contributed by atoms with Crippen molar-refractivity contribution in [2.24, 2.45) is 0 Å². The SMILES string of the molecule is Cc1ccc(NC(=O)c2ccc(N)c(O)c2)cc1C. The molecule has 0 bridgehead atoms. The van der Waals surface area contributed by atoms with Crippen molar-refractivity contribution < 1.29 is 9.90 Å². The maximum atomic E-state index is 12.0. The van der Waals surface area contributed by atoms with Crippen LogP contribution in [0.15, 0.2) is 36.4 Å². The van der Waals surface area contributed by atoms with E-state index in [1.807, 2.05) is 32.0 Å². The summed E-state index contributed by atoms with van der Waals surface area (Å²) in [6.07, 6.45) is 0. The molecule has 0 atom stereocenters. The van der Waals surface area contributed by atoms with Gasteiger partial charge in [0.15, 0.2) is 0 Å². The average molecular weight is 256 g/mol. The molecule has 1 amide bonds. The van der Waals surface area contributed by atoms with Crippen LogP contribution in [0.1, 0.15) is 21.5 Å². The van der Waals surface area contributed by atoms with Crippen molar-refractivity contribution in [3.8, 4) is 5.75 Å². The van der Waals surface area contributed by atoms with Crippen molar-refractivity contribution >= 4 is 17.3 Å². The van der Waals surface area contributed by atoms with Crippen LogP contribution in [0.2, 0.25) is 0 Å². The van der Waals surface area contributed by atoms with Crippen LogP contribution in [0, 0.1) is 13.8 Å². The van der Waals surface area contributed by atoms with Crippen LogP contribution in [-0.4, -0.2) is 11.0 Å². The van der Waals surface area contributed by atoms with E-state index in [0.717, 1.165) is 11.3 Å². The van der Waals surface area contributed by atoms with Crippen molar-refractivity contribution in [3.63, 3.8) is 0 Å². The van der Waals surface area contributed by atoms with Crippen molar-refractivity contribution in [1.82, 2.24) is 0 Å². The molecule has 0 radical (unpaired) electrons. The van der Waals surface area contributed by atoms with E-state index in [2.05, 4.69) is 5.32 Å². The number of nitrogen functional groups attached to an aromatic ring is 1. The average Bonchev–Trinajstić information content (AvgIpc) is 2.37. The molecule has 0 heterocycles. The lowest BCUT2D eigenvalue weighted by atomic mass is 10.1. The van der Waals surface area contributed by atoms with Gasteiger partial charge in [-0.2, -0.15) is 0 Å². The van der Waals surface area contributed by atoms with Gasteiger partial charge in [0.1, 0.15) is 5.75 Å². The zero-order valence-electron chi connectivity index (χ0n) is 10.9. The summed E-state index contributed by atoms with van der Waals surface area (Å²) in [6.45, 7) is 4.00. The molecule has 0 saturated carbocycles.